The average Bonchev–Trinajstić information content (AvgIpc) is 3.19. The Morgan fingerprint density at radius 2 is 1.91 bits per heavy atom. The molecule has 0 saturated heterocycles. The summed E-state index contributed by atoms with van der Waals surface area (Å²) in [6.07, 6.45) is -0.135. The summed E-state index contributed by atoms with van der Waals surface area (Å²) in [7, 11) is -3.61. The minimum absolute atomic E-state index is 0.137. The van der Waals surface area contributed by atoms with Crippen molar-refractivity contribution in [3.8, 4) is 16.9 Å². The summed E-state index contributed by atoms with van der Waals surface area (Å²) < 4.78 is 30.2. The van der Waals surface area contributed by atoms with Crippen LogP contribution in [0.5, 0.6) is 5.75 Å². The molecule has 0 radical (unpaired) electrons. The molecular weight excluding hydrogens is 472 g/mol. The number of carbonyl (C=O) groups is 1. The average molecular weight is 501 g/mol. The largest absolute Gasteiger partial charge is 0.493 e. The van der Waals surface area contributed by atoms with E-state index in [-0.39, 0.29) is 5.92 Å². The van der Waals surface area contributed by atoms with E-state index in [1.54, 1.807) is 57.2 Å². The summed E-state index contributed by atoms with van der Waals surface area (Å²) in [5, 5.41) is 20.9. The van der Waals surface area contributed by atoms with Crippen molar-refractivity contribution in [1.29, 1.82) is 0 Å². The van der Waals surface area contributed by atoms with E-state index in [2.05, 4.69) is 10.2 Å². The molecule has 180 valence electrons. The third-order valence-corrected chi connectivity index (χ3v) is 9.40. The molecule has 34 heavy (non-hydrogen) atoms. The first-order valence-corrected chi connectivity index (χ1v) is 13.5. The van der Waals surface area contributed by atoms with Crippen molar-refractivity contribution in [3.63, 3.8) is 0 Å². The molecule has 9 heteroatoms. The topological polar surface area (TPSA) is 106 Å². The normalized spacial score (nSPS) is 18.3. The van der Waals surface area contributed by atoms with Gasteiger partial charge in [-0.2, -0.15) is 0 Å². The number of aromatic nitrogens is 2. The number of Topliss-reactive ketones (excluding diaryl/α,β-unsaturated/α-hetero) is 1. The van der Waals surface area contributed by atoms with Crippen LogP contribution in [0.1, 0.15) is 52.8 Å². The van der Waals surface area contributed by atoms with Crippen molar-refractivity contribution < 1.29 is 23.1 Å². The summed E-state index contributed by atoms with van der Waals surface area (Å²) in [5.41, 5.74) is 2.38. The second-order valence-electron chi connectivity index (χ2n) is 9.53. The molecular formula is C25H28N2O5S2. The van der Waals surface area contributed by atoms with E-state index < -0.39 is 32.2 Å². The lowest BCUT2D eigenvalue weighted by Crippen LogP contribution is -2.33. The highest BCUT2D eigenvalue weighted by atomic mass is 32.2. The molecule has 0 saturated carbocycles. The van der Waals surface area contributed by atoms with Gasteiger partial charge in [-0.15, -0.1) is 21.5 Å². The molecule has 2 heterocycles. The number of rotatable bonds is 6. The van der Waals surface area contributed by atoms with Crippen molar-refractivity contribution in [1.82, 2.24) is 10.2 Å². The van der Waals surface area contributed by atoms with Crippen molar-refractivity contribution in [2.75, 3.05) is 12.4 Å². The lowest BCUT2D eigenvalue weighted by atomic mass is 9.89. The number of aliphatic hydroxyl groups is 1. The Kier molecular flexibility index (Phi) is 6.63. The van der Waals surface area contributed by atoms with E-state index in [9.17, 15) is 18.3 Å². The number of carbonyl (C=O) groups excluding carboxylic acids is 1. The predicted octanol–water partition coefficient (Wildman–Crippen LogP) is 4.19. The number of ether oxygens (including phenoxy) is 1. The number of sulfone groups is 1. The van der Waals surface area contributed by atoms with Gasteiger partial charge in [-0.25, -0.2) is 8.42 Å². The van der Waals surface area contributed by atoms with Crippen molar-refractivity contribution in [3.05, 3.63) is 63.6 Å². The molecule has 7 nitrogen and oxygen atoms in total. The van der Waals surface area contributed by atoms with Crippen LogP contribution in [0, 0.1) is 12.8 Å². The van der Waals surface area contributed by atoms with Crippen LogP contribution in [0.15, 0.2) is 42.5 Å². The minimum atomic E-state index is -3.61. The molecule has 0 unspecified atom stereocenters. The molecule has 0 aliphatic carbocycles. The van der Waals surface area contributed by atoms with Crippen molar-refractivity contribution >= 4 is 27.0 Å². The second-order valence-corrected chi connectivity index (χ2v) is 13.5. The number of aliphatic hydroxyl groups excluding tert-OH is 1. The van der Waals surface area contributed by atoms with Gasteiger partial charge < -0.3 is 9.84 Å². The molecule has 4 rings (SSSR count). The second kappa shape index (κ2) is 9.20. The molecule has 0 bridgehead atoms. The number of fused-ring (bicyclic) bond motifs is 1. The van der Waals surface area contributed by atoms with Crippen molar-refractivity contribution in [2.24, 2.45) is 5.92 Å². The first-order valence-electron chi connectivity index (χ1n) is 11.0. The van der Waals surface area contributed by atoms with Crippen LogP contribution >= 0.6 is 11.3 Å². The zero-order valence-corrected chi connectivity index (χ0v) is 21.2. The summed E-state index contributed by atoms with van der Waals surface area (Å²) in [6, 6.07) is 12.4. The number of ketones is 1. The zero-order valence-electron chi connectivity index (χ0n) is 19.6. The van der Waals surface area contributed by atoms with E-state index in [0.717, 1.165) is 15.6 Å². The Bertz CT molecular complexity index is 1330. The lowest BCUT2D eigenvalue weighted by molar-refractivity contribution is 0.0507. The summed E-state index contributed by atoms with van der Waals surface area (Å²) in [6.45, 7) is 7.00. The van der Waals surface area contributed by atoms with Crippen LogP contribution in [0.2, 0.25) is 0 Å². The highest BCUT2D eigenvalue weighted by Crippen LogP contribution is 2.40. The minimum Gasteiger partial charge on any atom is -0.493 e. The van der Waals surface area contributed by atoms with Crippen LogP contribution in [0.4, 0.5) is 0 Å². The maximum atomic E-state index is 13.0. The maximum absolute atomic E-state index is 13.0. The van der Waals surface area contributed by atoms with E-state index in [1.165, 1.54) is 11.3 Å². The molecule has 1 N–H and O–H groups in total. The third kappa shape index (κ3) is 4.92. The zero-order chi connectivity index (χ0) is 24.7. The fourth-order valence-corrected chi connectivity index (χ4v) is 5.61. The monoisotopic (exact) mass is 500 g/mol. The Labute approximate surface area is 203 Å². The summed E-state index contributed by atoms with van der Waals surface area (Å²) in [5.74, 6) is -0.585. The molecule has 0 spiro atoms. The number of hydrogen-bond acceptors (Lipinski definition) is 8. The Balaban J connectivity index is 1.60. The van der Waals surface area contributed by atoms with Crippen LogP contribution in [0.25, 0.3) is 11.1 Å². The van der Waals surface area contributed by atoms with Crippen LogP contribution < -0.4 is 4.74 Å². The fraction of sp³-hybridized carbons (Fsp3) is 0.400. The molecule has 1 aliphatic rings. The van der Waals surface area contributed by atoms with Gasteiger partial charge in [0.05, 0.1) is 17.5 Å². The number of nitrogens with zero attached hydrogens (tertiary/aromatic N) is 2. The highest BCUT2D eigenvalue weighted by molar-refractivity contribution is 7.93. The Morgan fingerprint density at radius 1 is 1.18 bits per heavy atom. The first-order chi connectivity index (χ1) is 16.0. The van der Waals surface area contributed by atoms with Crippen LogP contribution in [-0.2, 0) is 16.3 Å². The van der Waals surface area contributed by atoms with E-state index in [1.807, 2.05) is 13.0 Å². The first kappa shape index (κ1) is 24.5. The van der Waals surface area contributed by atoms with Gasteiger partial charge in [0.15, 0.2) is 15.6 Å². The number of hydrogen-bond donors (Lipinski definition) is 1. The molecule has 3 aromatic rings. The predicted molar refractivity (Wildman–Crippen MR) is 132 cm³/mol. The fourth-order valence-electron chi connectivity index (χ4n) is 3.87. The number of benzene rings is 2. The summed E-state index contributed by atoms with van der Waals surface area (Å²) >= 11 is 1.51. The van der Waals surface area contributed by atoms with Crippen LogP contribution in [0.3, 0.4) is 0 Å². The lowest BCUT2D eigenvalue weighted by Gasteiger charge is -2.30. The smallest absolute Gasteiger partial charge is 0.178 e. The molecule has 0 amide bonds. The molecule has 0 fully saturated rings. The van der Waals surface area contributed by atoms with Gasteiger partial charge in [0.25, 0.3) is 0 Å². The highest BCUT2D eigenvalue weighted by Gasteiger charge is 2.33. The van der Waals surface area contributed by atoms with Gasteiger partial charge >= 0.3 is 0 Å². The molecule has 2 aromatic carbocycles. The SMILES string of the molecule is Cc1nnc(C[C@@H]2COc3cc(-c4ccccc4C(=O)CS(=O)(=O)C(C)(C)C)ccc3[C@H]2O)s1. The molecule has 1 aromatic heterocycles. The Morgan fingerprint density at radius 3 is 2.59 bits per heavy atom. The van der Waals surface area contributed by atoms with E-state index in [0.29, 0.717) is 35.5 Å². The summed E-state index contributed by atoms with van der Waals surface area (Å²) in [4.78, 5) is 13.0. The van der Waals surface area contributed by atoms with Gasteiger partial charge in [-0.1, -0.05) is 36.4 Å². The third-order valence-electron chi connectivity index (χ3n) is 6.03. The van der Waals surface area contributed by atoms with Gasteiger partial charge in [0, 0.05) is 23.5 Å². The van der Waals surface area contributed by atoms with E-state index >= 15 is 0 Å². The van der Waals surface area contributed by atoms with Gasteiger partial charge in [-0.3, -0.25) is 4.79 Å². The quantitative estimate of drug-likeness (QED) is 0.506. The van der Waals surface area contributed by atoms with Gasteiger partial charge in [0.1, 0.15) is 21.5 Å². The molecule has 2 atom stereocenters. The van der Waals surface area contributed by atoms with Crippen molar-refractivity contribution in [2.45, 2.75) is 45.0 Å². The standard InChI is InChI=1S/C25H28N2O5S2/c1-15-26-27-23(33-15)12-17-13-32-22-11-16(9-10-20(22)24(17)29)18-7-5-6-8-19(18)21(28)14-34(30,31)25(2,3)4/h5-11,17,24,29H,12-14H2,1-4H3/t17-,24+/m1/s1. The maximum Gasteiger partial charge on any atom is 0.178 e. The van der Waals surface area contributed by atoms with Crippen LogP contribution in [-0.4, -0.2) is 46.6 Å². The molecule has 1 aliphatic heterocycles. The van der Waals surface area contributed by atoms with E-state index in [4.69, 9.17) is 4.74 Å². The Hall–Kier alpha value is -2.62. The van der Waals surface area contributed by atoms with Gasteiger partial charge in [-0.05, 0) is 44.9 Å². The number of aryl methyl sites for hydroxylation is 1. The van der Waals surface area contributed by atoms with Gasteiger partial charge in [0.2, 0.25) is 0 Å².